The molecule has 1 heterocycles. The molecule has 0 bridgehead atoms. The number of hydrogen-bond acceptors (Lipinski definition) is 2. The van der Waals surface area contributed by atoms with E-state index in [4.69, 9.17) is 4.84 Å². The highest BCUT2D eigenvalue weighted by atomic mass is 16.7. The average Bonchev–Trinajstić information content (AvgIpc) is 2.71. The van der Waals surface area contributed by atoms with Crippen molar-refractivity contribution in [2.75, 3.05) is 11.6 Å². The van der Waals surface area contributed by atoms with Gasteiger partial charge in [-0.05, 0) is 36.4 Å². The molecular formula is C12H18BNO. The third kappa shape index (κ3) is 2.75. The van der Waals surface area contributed by atoms with Gasteiger partial charge in [0, 0.05) is 5.69 Å². The molecule has 0 radical (unpaired) electrons. The van der Waals surface area contributed by atoms with Crippen molar-refractivity contribution in [2.24, 2.45) is 5.92 Å². The molecule has 1 aliphatic heterocycles. The second-order valence-corrected chi connectivity index (χ2v) is 4.55. The van der Waals surface area contributed by atoms with Gasteiger partial charge in [0.05, 0.1) is 6.61 Å². The normalized spacial score (nSPS) is 15.8. The van der Waals surface area contributed by atoms with E-state index in [-0.39, 0.29) is 0 Å². The maximum Gasteiger partial charge on any atom is 0.275 e. The van der Waals surface area contributed by atoms with Crippen LogP contribution in [-0.2, 0) is 11.3 Å². The molecule has 0 aromatic heterocycles. The van der Waals surface area contributed by atoms with Gasteiger partial charge in [-0.1, -0.05) is 26.0 Å². The summed E-state index contributed by atoms with van der Waals surface area (Å²) in [5.74, 6) is 0.721. The minimum absolute atomic E-state index is 0.721. The summed E-state index contributed by atoms with van der Waals surface area (Å²) in [4.78, 5) is 7.48. The summed E-state index contributed by atoms with van der Waals surface area (Å²) < 4.78 is 0. The predicted octanol–water partition coefficient (Wildman–Crippen LogP) is 2.41. The molecular weight excluding hydrogens is 185 g/mol. The number of rotatable bonds is 3. The quantitative estimate of drug-likeness (QED) is 0.699. The van der Waals surface area contributed by atoms with Gasteiger partial charge in [-0.3, -0.25) is 4.84 Å². The molecule has 1 fully saturated rings. The van der Waals surface area contributed by atoms with Crippen molar-refractivity contribution < 1.29 is 4.84 Å². The van der Waals surface area contributed by atoms with Gasteiger partial charge in [0.25, 0.3) is 7.41 Å². The molecule has 2 nitrogen and oxygen atoms in total. The Morgan fingerprint density at radius 2 is 2.07 bits per heavy atom. The molecule has 0 saturated carbocycles. The number of nitrogens with zero attached hydrogens (tertiary/aromatic N) is 1. The lowest BCUT2D eigenvalue weighted by Crippen LogP contribution is -2.18. The largest absolute Gasteiger partial charge is 0.305 e. The fourth-order valence-electron chi connectivity index (χ4n) is 1.92. The van der Waals surface area contributed by atoms with E-state index < -0.39 is 0 Å². The Balaban J connectivity index is 2.03. The first-order valence-corrected chi connectivity index (χ1v) is 5.75. The Kier molecular flexibility index (Phi) is 3.32. The highest BCUT2D eigenvalue weighted by Crippen LogP contribution is 2.19. The summed E-state index contributed by atoms with van der Waals surface area (Å²) in [5, 5.41) is 0. The smallest absolute Gasteiger partial charge is 0.275 e. The summed E-state index contributed by atoms with van der Waals surface area (Å²) in [6.45, 7) is 5.35. The van der Waals surface area contributed by atoms with Crippen LogP contribution in [0.15, 0.2) is 24.3 Å². The van der Waals surface area contributed by atoms with E-state index in [2.05, 4.69) is 38.1 Å². The van der Waals surface area contributed by atoms with Crippen molar-refractivity contribution in [3.8, 4) is 0 Å². The van der Waals surface area contributed by atoms with Gasteiger partial charge < -0.3 is 4.97 Å². The summed E-state index contributed by atoms with van der Waals surface area (Å²) in [7, 11) is 1.02. The Morgan fingerprint density at radius 1 is 1.33 bits per heavy atom. The molecule has 0 N–H and O–H groups in total. The average molecular weight is 203 g/mol. The molecule has 3 heteroatoms. The zero-order chi connectivity index (χ0) is 10.7. The topological polar surface area (TPSA) is 12.5 Å². The van der Waals surface area contributed by atoms with Crippen molar-refractivity contribution in [1.29, 1.82) is 0 Å². The van der Waals surface area contributed by atoms with E-state index in [1.807, 2.05) is 4.97 Å². The lowest BCUT2D eigenvalue weighted by molar-refractivity contribution is 0.185. The van der Waals surface area contributed by atoms with E-state index in [1.54, 1.807) is 0 Å². The predicted molar refractivity (Wildman–Crippen MR) is 65.4 cm³/mol. The van der Waals surface area contributed by atoms with Crippen molar-refractivity contribution in [3.05, 3.63) is 29.8 Å². The first-order valence-electron chi connectivity index (χ1n) is 5.75. The second kappa shape index (κ2) is 4.71. The zero-order valence-corrected chi connectivity index (χ0v) is 9.57. The van der Waals surface area contributed by atoms with Gasteiger partial charge in [-0.15, -0.1) is 0 Å². The molecule has 0 amide bonds. The SMILES string of the molecule is CC(C)Cc1ccc(N2BCCO2)cc1. The summed E-state index contributed by atoms with van der Waals surface area (Å²) in [6.07, 6.45) is 2.29. The molecule has 1 aromatic carbocycles. The van der Waals surface area contributed by atoms with Gasteiger partial charge >= 0.3 is 0 Å². The zero-order valence-electron chi connectivity index (χ0n) is 9.57. The molecule has 2 rings (SSSR count). The maximum absolute atomic E-state index is 5.49. The van der Waals surface area contributed by atoms with E-state index in [9.17, 15) is 0 Å². The van der Waals surface area contributed by atoms with Gasteiger partial charge in [-0.2, -0.15) is 0 Å². The molecule has 80 valence electrons. The van der Waals surface area contributed by atoms with Crippen LogP contribution in [0.4, 0.5) is 5.69 Å². The Morgan fingerprint density at radius 3 is 2.60 bits per heavy atom. The number of hydrogen-bond donors (Lipinski definition) is 0. The van der Waals surface area contributed by atoms with Crippen LogP contribution in [0, 0.1) is 5.92 Å². The van der Waals surface area contributed by atoms with Crippen LogP contribution in [0.3, 0.4) is 0 Å². The van der Waals surface area contributed by atoms with Crippen LogP contribution in [0.2, 0.25) is 6.32 Å². The fourth-order valence-corrected chi connectivity index (χ4v) is 1.92. The summed E-state index contributed by atoms with van der Waals surface area (Å²) >= 11 is 0. The molecule has 1 aromatic rings. The van der Waals surface area contributed by atoms with Crippen LogP contribution >= 0.6 is 0 Å². The minimum atomic E-state index is 0.721. The lowest BCUT2D eigenvalue weighted by Gasteiger charge is -2.16. The van der Waals surface area contributed by atoms with Gasteiger partial charge in [-0.25, -0.2) is 0 Å². The highest BCUT2D eigenvalue weighted by molar-refractivity contribution is 6.41. The highest BCUT2D eigenvalue weighted by Gasteiger charge is 2.14. The summed E-state index contributed by atoms with van der Waals surface area (Å²) in [6, 6.07) is 8.72. The molecule has 15 heavy (non-hydrogen) atoms. The van der Waals surface area contributed by atoms with Crippen LogP contribution in [0.5, 0.6) is 0 Å². The number of anilines is 1. The van der Waals surface area contributed by atoms with Gasteiger partial charge in [0.2, 0.25) is 0 Å². The first kappa shape index (κ1) is 10.6. The molecule has 1 saturated heterocycles. The first-order chi connectivity index (χ1) is 7.25. The van der Waals surface area contributed by atoms with Crippen LogP contribution < -0.4 is 4.97 Å². The maximum atomic E-state index is 5.49. The monoisotopic (exact) mass is 203 g/mol. The van der Waals surface area contributed by atoms with E-state index in [0.29, 0.717) is 0 Å². The standard InChI is InChI=1S/C12H18BNO/c1-10(2)9-11-3-5-12(6-4-11)14-13-7-8-15-14/h3-6,10,13H,7-9H2,1-2H3. The van der Waals surface area contributed by atoms with Gasteiger partial charge in [0.15, 0.2) is 0 Å². The van der Waals surface area contributed by atoms with Crippen molar-refractivity contribution in [3.63, 3.8) is 0 Å². The third-order valence-electron chi connectivity index (χ3n) is 2.62. The Bertz CT molecular complexity index is 304. The number of benzene rings is 1. The van der Waals surface area contributed by atoms with E-state index >= 15 is 0 Å². The summed E-state index contributed by atoms with van der Waals surface area (Å²) in [5.41, 5.74) is 2.59. The van der Waals surface area contributed by atoms with Crippen LogP contribution in [0.25, 0.3) is 0 Å². The lowest BCUT2D eigenvalue weighted by atomic mass is 9.90. The molecule has 1 aliphatic rings. The van der Waals surface area contributed by atoms with Crippen LogP contribution in [0.1, 0.15) is 19.4 Å². The van der Waals surface area contributed by atoms with E-state index in [1.165, 1.54) is 11.3 Å². The second-order valence-electron chi connectivity index (χ2n) is 4.55. The van der Waals surface area contributed by atoms with E-state index in [0.717, 1.165) is 32.7 Å². The minimum Gasteiger partial charge on any atom is -0.305 e. The molecule has 0 atom stereocenters. The van der Waals surface area contributed by atoms with Crippen molar-refractivity contribution in [2.45, 2.75) is 26.6 Å². The van der Waals surface area contributed by atoms with Crippen molar-refractivity contribution >= 4 is 13.1 Å². The van der Waals surface area contributed by atoms with Crippen LogP contribution in [-0.4, -0.2) is 14.0 Å². The molecule has 0 aliphatic carbocycles. The van der Waals surface area contributed by atoms with Crippen molar-refractivity contribution in [1.82, 2.24) is 0 Å². The van der Waals surface area contributed by atoms with Gasteiger partial charge in [0.1, 0.15) is 0 Å². The fraction of sp³-hybridized carbons (Fsp3) is 0.500. The Labute approximate surface area is 92.5 Å². The molecule has 0 spiro atoms. The Hall–Kier alpha value is -0.955. The molecule has 0 unspecified atom stereocenters. The third-order valence-corrected chi connectivity index (χ3v) is 2.62.